The van der Waals surface area contributed by atoms with E-state index in [4.69, 9.17) is 9.84 Å². The minimum atomic E-state index is -0.550. The fourth-order valence-electron chi connectivity index (χ4n) is 1.28. The van der Waals surface area contributed by atoms with Gasteiger partial charge in [-0.2, -0.15) is 0 Å². The molecule has 17 heavy (non-hydrogen) atoms. The first-order chi connectivity index (χ1) is 8.17. The molecule has 1 aromatic rings. The Labute approximate surface area is 99.0 Å². The molecule has 0 fully saturated rings. The third-order valence-electron chi connectivity index (χ3n) is 2.00. The van der Waals surface area contributed by atoms with Crippen LogP contribution in [0.1, 0.15) is 23.7 Å². The molecular formula is C12H14O5. The number of esters is 1. The summed E-state index contributed by atoms with van der Waals surface area (Å²) in [5, 5.41) is 8.58. The Balaban J connectivity index is 2.68. The van der Waals surface area contributed by atoms with Gasteiger partial charge in [0.25, 0.3) is 0 Å². The molecular weight excluding hydrogens is 224 g/mol. The van der Waals surface area contributed by atoms with Crippen LogP contribution in [0.5, 0.6) is 5.75 Å². The van der Waals surface area contributed by atoms with Crippen LogP contribution in [0.15, 0.2) is 24.3 Å². The lowest BCUT2D eigenvalue weighted by molar-refractivity contribution is -0.141. The van der Waals surface area contributed by atoms with Gasteiger partial charge in [0.15, 0.2) is 12.6 Å². The largest absolute Gasteiger partial charge is 0.468 e. The number of carbonyl (C=O) groups is 2. The summed E-state index contributed by atoms with van der Waals surface area (Å²) < 4.78 is 9.52. The quantitative estimate of drug-likeness (QED) is 0.348. The maximum Gasteiger partial charge on any atom is 0.313 e. The lowest BCUT2D eigenvalue weighted by atomic mass is 10.1. The number of hydrogen-bond acceptors (Lipinski definition) is 5. The number of aliphatic hydroxyl groups excluding tert-OH is 1. The number of ether oxygens (including phenoxy) is 2. The molecule has 1 N–H and O–H groups in total. The standard InChI is InChI=1S/C12H14O5/c1-2-16-12(15)7-11(14)9-4-3-5-10(6-9)17-8-13/h3-6,13H,2,7-8H2,1H3. The topological polar surface area (TPSA) is 72.8 Å². The molecule has 1 aromatic carbocycles. The van der Waals surface area contributed by atoms with E-state index in [0.29, 0.717) is 11.3 Å². The molecule has 0 radical (unpaired) electrons. The first-order valence-corrected chi connectivity index (χ1v) is 5.20. The Bertz CT molecular complexity index is 400. The van der Waals surface area contributed by atoms with Crippen molar-refractivity contribution in [2.45, 2.75) is 13.3 Å². The molecule has 92 valence electrons. The molecule has 5 heteroatoms. The fraction of sp³-hybridized carbons (Fsp3) is 0.333. The maximum absolute atomic E-state index is 11.7. The summed E-state index contributed by atoms with van der Waals surface area (Å²) in [6.07, 6.45) is -0.295. The van der Waals surface area contributed by atoms with E-state index < -0.39 is 12.8 Å². The van der Waals surface area contributed by atoms with Crippen molar-refractivity contribution < 1.29 is 24.2 Å². The predicted octanol–water partition coefficient (Wildman–Crippen LogP) is 1.15. The number of rotatable bonds is 6. The normalized spacial score (nSPS) is 9.76. The van der Waals surface area contributed by atoms with E-state index in [1.165, 1.54) is 6.07 Å². The summed E-state index contributed by atoms with van der Waals surface area (Å²) in [6, 6.07) is 6.27. The summed E-state index contributed by atoms with van der Waals surface area (Å²) in [6.45, 7) is 1.47. The second-order valence-electron chi connectivity index (χ2n) is 3.21. The van der Waals surface area contributed by atoms with Gasteiger partial charge >= 0.3 is 5.97 Å². The molecule has 0 spiro atoms. The number of hydrogen-bond donors (Lipinski definition) is 1. The molecule has 1 rings (SSSR count). The minimum Gasteiger partial charge on any atom is -0.468 e. The van der Waals surface area contributed by atoms with Crippen LogP contribution in [0, 0.1) is 0 Å². The van der Waals surface area contributed by atoms with E-state index in [9.17, 15) is 9.59 Å². The predicted molar refractivity (Wildman–Crippen MR) is 59.7 cm³/mol. The minimum absolute atomic E-state index is 0.250. The summed E-state index contributed by atoms with van der Waals surface area (Å²) in [7, 11) is 0. The van der Waals surface area contributed by atoms with Crippen LogP contribution < -0.4 is 4.74 Å². The highest BCUT2D eigenvalue weighted by Gasteiger charge is 2.13. The van der Waals surface area contributed by atoms with Crippen molar-refractivity contribution >= 4 is 11.8 Å². The third kappa shape index (κ3) is 4.24. The van der Waals surface area contributed by atoms with Crippen LogP contribution in [0.4, 0.5) is 0 Å². The highest BCUT2D eigenvalue weighted by atomic mass is 16.6. The van der Waals surface area contributed by atoms with Crippen LogP contribution in [-0.2, 0) is 9.53 Å². The molecule has 0 bridgehead atoms. The molecule has 0 saturated heterocycles. The number of Topliss-reactive ketones (excluding diaryl/α,β-unsaturated/α-hetero) is 1. The summed E-state index contributed by atoms with van der Waals surface area (Å²) >= 11 is 0. The zero-order chi connectivity index (χ0) is 12.7. The van der Waals surface area contributed by atoms with E-state index in [1.54, 1.807) is 25.1 Å². The average Bonchev–Trinajstić information content (AvgIpc) is 2.30. The van der Waals surface area contributed by atoms with Crippen LogP contribution in [0.25, 0.3) is 0 Å². The first-order valence-electron chi connectivity index (χ1n) is 5.20. The monoisotopic (exact) mass is 238 g/mol. The molecule has 0 aliphatic carbocycles. The van der Waals surface area contributed by atoms with E-state index >= 15 is 0 Å². The molecule has 5 nitrogen and oxygen atoms in total. The van der Waals surface area contributed by atoms with Crippen molar-refractivity contribution in [2.24, 2.45) is 0 Å². The SMILES string of the molecule is CCOC(=O)CC(=O)c1cccc(OCO)c1. The first kappa shape index (κ1) is 13.2. The van der Waals surface area contributed by atoms with Crippen molar-refractivity contribution in [2.75, 3.05) is 13.4 Å². The molecule has 0 unspecified atom stereocenters. The van der Waals surface area contributed by atoms with Gasteiger partial charge in [-0.3, -0.25) is 9.59 Å². The van der Waals surface area contributed by atoms with E-state index in [2.05, 4.69) is 4.74 Å². The van der Waals surface area contributed by atoms with E-state index in [1.807, 2.05) is 0 Å². The van der Waals surface area contributed by atoms with Crippen molar-refractivity contribution in [1.29, 1.82) is 0 Å². The van der Waals surface area contributed by atoms with Crippen molar-refractivity contribution in [3.05, 3.63) is 29.8 Å². The second kappa shape index (κ2) is 6.65. The smallest absolute Gasteiger partial charge is 0.313 e. The third-order valence-corrected chi connectivity index (χ3v) is 2.00. The van der Waals surface area contributed by atoms with E-state index in [0.717, 1.165) is 0 Å². The lowest BCUT2D eigenvalue weighted by Gasteiger charge is -2.05. The molecule has 0 amide bonds. The molecule has 0 saturated carbocycles. The summed E-state index contributed by atoms with van der Waals surface area (Å²) in [4.78, 5) is 22.8. The molecule has 0 aromatic heterocycles. The maximum atomic E-state index is 11.7. The van der Waals surface area contributed by atoms with Gasteiger partial charge in [-0.05, 0) is 19.1 Å². The Morgan fingerprint density at radius 1 is 1.35 bits per heavy atom. The molecule has 0 aliphatic rings. The Morgan fingerprint density at radius 3 is 2.76 bits per heavy atom. The van der Waals surface area contributed by atoms with Gasteiger partial charge in [0.05, 0.1) is 6.61 Å². The summed E-state index contributed by atoms with van der Waals surface area (Å²) in [5.41, 5.74) is 0.351. The van der Waals surface area contributed by atoms with Gasteiger partial charge in [-0.1, -0.05) is 12.1 Å². The van der Waals surface area contributed by atoms with Crippen molar-refractivity contribution in [3.63, 3.8) is 0 Å². The Hall–Kier alpha value is -1.88. The van der Waals surface area contributed by atoms with Crippen LogP contribution in [0.2, 0.25) is 0 Å². The zero-order valence-corrected chi connectivity index (χ0v) is 9.51. The van der Waals surface area contributed by atoms with Crippen LogP contribution >= 0.6 is 0 Å². The summed E-state index contributed by atoms with van der Waals surface area (Å²) in [5.74, 6) is -0.514. The van der Waals surface area contributed by atoms with Gasteiger partial charge in [-0.25, -0.2) is 0 Å². The highest BCUT2D eigenvalue weighted by molar-refractivity contribution is 6.06. The second-order valence-corrected chi connectivity index (χ2v) is 3.21. The molecule has 0 atom stereocenters. The Kier molecular flexibility index (Phi) is 5.16. The van der Waals surface area contributed by atoms with Crippen LogP contribution in [-0.4, -0.2) is 30.3 Å². The average molecular weight is 238 g/mol. The van der Waals surface area contributed by atoms with Gasteiger partial charge in [0.2, 0.25) is 0 Å². The number of aliphatic hydroxyl groups is 1. The highest BCUT2D eigenvalue weighted by Crippen LogP contribution is 2.14. The van der Waals surface area contributed by atoms with Gasteiger partial charge in [0, 0.05) is 5.56 Å². The fourth-order valence-corrected chi connectivity index (χ4v) is 1.28. The van der Waals surface area contributed by atoms with Crippen molar-refractivity contribution in [1.82, 2.24) is 0 Å². The van der Waals surface area contributed by atoms with Gasteiger partial charge in [0.1, 0.15) is 12.2 Å². The van der Waals surface area contributed by atoms with Gasteiger partial charge < -0.3 is 14.6 Å². The van der Waals surface area contributed by atoms with Gasteiger partial charge in [-0.15, -0.1) is 0 Å². The van der Waals surface area contributed by atoms with Crippen molar-refractivity contribution in [3.8, 4) is 5.75 Å². The number of benzene rings is 1. The number of carbonyl (C=O) groups excluding carboxylic acids is 2. The van der Waals surface area contributed by atoms with E-state index in [-0.39, 0.29) is 18.8 Å². The molecule has 0 aliphatic heterocycles. The lowest BCUT2D eigenvalue weighted by Crippen LogP contribution is -2.11. The number of ketones is 1. The Morgan fingerprint density at radius 2 is 2.12 bits per heavy atom. The zero-order valence-electron chi connectivity index (χ0n) is 9.51. The van der Waals surface area contributed by atoms with Crippen LogP contribution in [0.3, 0.4) is 0 Å². The molecule has 0 heterocycles.